The fourth-order valence-corrected chi connectivity index (χ4v) is 4.05. The van der Waals surface area contributed by atoms with Crippen molar-refractivity contribution in [2.45, 2.75) is 45.7 Å². The lowest BCUT2D eigenvalue weighted by Crippen LogP contribution is -2.07. The molecule has 7 nitrogen and oxygen atoms in total. The molecule has 0 saturated heterocycles. The second-order valence-electron chi connectivity index (χ2n) is 7.97. The van der Waals surface area contributed by atoms with Crippen molar-refractivity contribution in [3.8, 4) is 0 Å². The molecule has 4 N–H and O–H groups in total. The van der Waals surface area contributed by atoms with E-state index in [-0.39, 0.29) is 0 Å². The maximum atomic E-state index is 12.0. The van der Waals surface area contributed by atoms with Crippen molar-refractivity contribution in [2.75, 3.05) is 12.8 Å². The Labute approximate surface area is 187 Å². The van der Waals surface area contributed by atoms with Gasteiger partial charge in [-0.25, -0.2) is 14.8 Å². The number of nitrogens with zero attached hydrogens (tertiary/aromatic N) is 3. The number of methoxy groups -OCH3 is 1. The van der Waals surface area contributed by atoms with Crippen molar-refractivity contribution in [1.29, 1.82) is 0 Å². The summed E-state index contributed by atoms with van der Waals surface area (Å²) in [7, 11) is 1.37. The number of imidazole rings is 1. The van der Waals surface area contributed by atoms with Gasteiger partial charge in [0.05, 0.1) is 23.7 Å². The highest BCUT2D eigenvalue weighted by Crippen LogP contribution is 2.30. The quantitative estimate of drug-likeness (QED) is 0.408. The largest absolute Gasteiger partial charge is 0.465 e. The van der Waals surface area contributed by atoms with E-state index in [1.807, 2.05) is 6.07 Å². The lowest BCUT2D eigenvalue weighted by atomic mass is 10.1. The van der Waals surface area contributed by atoms with Gasteiger partial charge in [0.25, 0.3) is 0 Å². The van der Waals surface area contributed by atoms with Crippen LogP contribution in [0.1, 0.15) is 47.1 Å². The number of hydrogen-bond donors (Lipinski definition) is 2. The summed E-state index contributed by atoms with van der Waals surface area (Å²) in [5.41, 5.74) is 17.2. The summed E-state index contributed by atoms with van der Waals surface area (Å²) in [4.78, 5) is 21.4. The number of nitrogens with two attached hydrogens (primary N) is 2. The van der Waals surface area contributed by atoms with E-state index < -0.39 is 5.97 Å². The van der Waals surface area contributed by atoms with E-state index in [1.54, 1.807) is 12.1 Å². The number of aryl methyl sites for hydroxylation is 3. The summed E-state index contributed by atoms with van der Waals surface area (Å²) in [5, 5.41) is 0.926. The third-order valence-corrected chi connectivity index (χ3v) is 5.84. The van der Waals surface area contributed by atoms with E-state index in [4.69, 9.17) is 21.2 Å². The van der Waals surface area contributed by atoms with Crippen LogP contribution >= 0.6 is 0 Å². The first-order chi connectivity index (χ1) is 15.5. The molecule has 0 amide bonds. The zero-order chi connectivity index (χ0) is 22.7. The van der Waals surface area contributed by atoms with Crippen LogP contribution in [0.3, 0.4) is 0 Å². The van der Waals surface area contributed by atoms with E-state index in [0.29, 0.717) is 29.0 Å². The third-order valence-electron chi connectivity index (χ3n) is 5.84. The normalized spacial score (nSPS) is 11.3. The number of rotatable bonds is 8. The Morgan fingerprint density at radius 3 is 2.50 bits per heavy atom. The number of pyridine rings is 1. The van der Waals surface area contributed by atoms with Gasteiger partial charge in [0, 0.05) is 24.9 Å². The molecule has 0 unspecified atom stereocenters. The summed E-state index contributed by atoms with van der Waals surface area (Å²) in [6.07, 6.45) is 3.87. The monoisotopic (exact) mass is 431 g/mol. The van der Waals surface area contributed by atoms with Crippen molar-refractivity contribution in [3.05, 3.63) is 65.0 Å². The highest BCUT2D eigenvalue weighted by Gasteiger charge is 2.18. The predicted molar refractivity (Wildman–Crippen MR) is 127 cm³/mol. The van der Waals surface area contributed by atoms with Gasteiger partial charge in [-0.05, 0) is 42.2 Å². The van der Waals surface area contributed by atoms with Crippen LogP contribution in [-0.2, 0) is 30.7 Å². The van der Waals surface area contributed by atoms with Crippen LogP contribution in [0.5, 0.6) is 0 Å². The van der Waals surface area contributed by atoms with Gasteiger partial charge in [-0.2, -0.15) is 0 Å². The third kappa shape index (κ3) is 4.16. The van der Waals surface area contributed by atoms with E-state index in [1.165, 1.54) is 12.7 Å². The smallest absolute Gasteiger partial charge is 0.337 e. The minimum absolute atomic E-state index is 0.373. The van der Waals surface area contributed by atoms with E-state index in [9.17, 15) is 4.79 Å². The summed E-state index contributed by atoms with van der Waals surface area (Å²) in [6, 6.07) is 13.8. The number of unbranched alkanes of at least 4 members (excludes halogenated alkanes) is 1. The fourth-order valence-electron chi connectivity index (χ4n) is 4.05. The molecule has 0 fully saturated rings. The van der Waals surface area contributed by atoms with Crippen LogP contribution in [-0.4, -0.2) is 27.6 Å². The Kier molecular flexibility index (Phi) is 6.37. The first-order valence-corrected chi connectivity index (χ1v) is 11.0. The Morgan fingerprint density at radius 2 is 1.81 bits per heavy atom. The lowest BCUT2D eigenvalue weighted by molar-refractivity contribution is 0.0601. The summed E-state index contributed by atoms with van der Waals surface area (Å²) in [6.45, 7) is 3.49. The van der Waals surface area contributed by atoms with Crippen LogP contribution in [0.2, 0.25) is 0 Å². The van der Waals surface area contributed by atoms with Crippen molar-refractivity contribution in [2.24, 2.45) is 5.73 Å². The zero-order valence-electron chi connectivity index (χ0n) is 18.6. The van der Waals surface area contributed by atoms with E-state index >= 15 is 0 Å². The Balaban J connectivity index is 1.81. The number of anilines is 1. The number of hydrogen-bond acceptors (Lipinski definition) is 6. The second-order valence-corrected chi connectivity index (χ2v) is 7.97. The minimum atomic E-state index is -0.398. The maximum Gasteiger partial charge on any atom is 0.337 e. The highest BCUT2D eigenvalue weighted by molar-refractivity contribution is 6.08. The molecule has 0 atom stereocenters. The van der Waals surface area contributed by atoms with E-state index in [0.717, 1.165) is 54.5 Å². The van der Waals surface area contributed by atoms with Crippen LogP contribution in [0.25, 0.3) is 21.9 Å². The molecule has 0 spiro atoms. The van der Waals surface area contributed by atoms with Gasteiger partial charge in [0.15, 0.2) is 5.82 Å². The van der Waals surface area contributed by atoms with Crippen LogP contribution < -0.4 is 11.5 Å². The van der Waals surface area contributed by atoms with Gasteiger partial charge < -0.3 is 20.8 Å². The van der Waals surface area contributed by atoms with Crippen LogP contribution in [0.15, 0.2) is 42.5 Å². The summed E-state index contributed by atoms with van der Waals surface area (Å²) >= 11 is 0. The number of carbonyl (C=O) groups excluding carboxylic acids is 1. The first kappa shape index (κ1) is 21.8. The number of esters is 1. The van der Waals surface area contributed by atoms with Gasteiger partial charge in [-0.1, -0.05) is 37.6 Å². The molecule has 0 aliphatic heterocycles. The summed E-state index contributed by atoms with van der Waals surface area (Å²) in [5.74, 6) is 0.988. The molecule has 7 heteroatoms. The number of ether oxygens (including phenoxy) is 1. The van der Waals surface area contributed by atoms with Crippen molar-refractivity contribution >= 4 is 33.7 Å². The molecule has 0 radical (unpaired) electrons. The van der Waals surface area contributed by atoms with Gasteiger partial charge in [0.1, 0.15) is 11.3 Å². The minimum Gasteiger partial charge on any atom is -0.465 e. The molecule has 2 heterocycles. The molecule has 0 saturated carbocycles. The summed E-state index contributed by atoms with van der Waals surface area (Å²) < 4.78 is 7.12. The van der Waals surface area contributed by atoms with Crippen LogP contribution in [0.4, 0.5) is 5.82 Å². The molecular formula is C25H29N5O2. The Bertz CT molecular complexity index is 1260. The molecule has 32 heavy (non-hydrogen) atoms. The van der Waals surface area contributed by atoms with Crippen LogP contribution in [0, 0.1) is 0 Å². The maximum absolute atomic E-state index is 12.0. The molecule has 2 aromatic carbocycles. The number of fused-ring (bicyclic) bond motifs is 3. The molecule has 4 aromatic rings. The SMILES string of the molecule is CCCCc1nc2c(N)nc3cc(C(=O)OC)ccc3c2n1CCc1ccc(CN)cc1. The Hall–Kier alpha value is -3.45. The van der Waals surface area contributed by atoms with Gasteiger partial charge in [-0.3, -0.25) is 0 Å². The topological polar surface area (TPSA) is 109 Å². The molecule has 0 aliphatic carbocycles. The number of carbonyl (C=O) groups is 1. The molecule has 4 rings (SSSR count). The van der Waals surface area contributed by atoms with Crippen molar-refractivity contribution in [3.63, 3.8) is 0 Å². The zero-order valence-corrected chi connectivity index (χ0v) is 18.6. The second kappa shape index (κ2) is 9.36. The molecule has 166 valence electrons. The predicted octanol–water partition coefficient (Wildman–Crippen LogP) is 4.00. The average molecular weight is 432 g/mol. The first-order valence-electron chi connectivity index (χ1n) is 11.0. The van der Waals surface area contributed by atoms with E-state index in [2.05, 4.69) is 40.7 Å². The number of benzene rings is 2. The number of aromatic nitrogens is 3. The van der Waals surface area contributed by atoms with Gasteiger partial charge >= 0.3 is 5.97 Å². The molecule has 0 aliphatic rings. The molecule has 0 bridgehead atoms. The van der Waals surface area contributed by atoms with Gasteiger partial charge in [0.2, 0.25) is 0 Å². The fraction of sp³-hybridized carbons (Fsp3) is 0.320. The lowest BCUT2D eigenvalue weighted by Gasteiger charge is -2.12. The van der Waals surface area contributed by atoms with Crippen molar-refractivity contribution < 1.29 is 9.53 Å². The van der Waals surface area contributed by atoms with Gasteiger partial charge in [-0.15, -0.1) is 0 Å². The highest BCUT2D eigenvalue weighted by atomic mass is 16.5. The molecular weight excluding hydrogens is 402 g/mol. The number of nitrogen functional groups attached to an aromatic ring is 1. The molecule has 2 aromatic heterocycles. The standard InChI is InChI=1S/C25H29N5O2/c1-3-4-5-21-29-22-23(30(21)13-12-16-6-8-17(15-26)9-7-16)19-11-10-18(25(31)32-2)14-20(19)28-24(22)27/h6-11,14H,3-5,12-13,15,26H2,1-2H3,(H2,27,28). The van der Waals surface area contributed by atoms with Crippen molar-refractivity contribution in [1.82, 2.24) is 14.5 Å². The Morgan fingerprint density at radius 1 is 1.06 bits per heavy atom. The average Bonchev–Trinajstić information content (AvgIpc) is 3.20.